The number of aliphatic hydroxyl groups is 1. The lowest BCUT2D eigenvalue weighted by Crippen LogP contribution is -2.49. The molecule has 0 aliphatic carbocycles. The number of carboxylic acid groups (broad SMARTS) is 1. The van der Waals surface area contributed by atoms with E-state index in [-0.39, 0.29) is 23.2 Å². The molecule has 2 atom stereocenters. The first-order chi connectivity index (χ1) is 6.52. The number of carbonyl (C=O) groups excluding carboxylic acids is 1. The lowest BCUT2D eigenvalue weighted by molar-refractivity contribution is -0.142. The van der Waals surface area contributed by atoms with Crippen LogP contribution >= 0.6 is 0 Å². The number of β-lactam (4-membered cyclic amide) rings is 1. The maximum atomic E-state index is 11.2. The van der Waals surface area contributed by atoms with Crippen LogP contribution in [0, 0.1) is 0 Å². The smallest absolute Gasteiger partial charge is 0.333 e. The van der Waals surface area contributed by atoms with Crippen LogP contribution in [-0.2, 0) is 9.59 Å². The molecule has 0 radical (unpaired) electrons. The first-order valence-corrected chi connectivity index (χ1v) is 4.49. The highest BCUT2D eigenvalue weighted by Crippen LogP contribution is 2.39. The molecule has 5 heteroatoms. The minimum absolute atomic E-state index is 0.0294. The first kappa shape index (κ1) is 9.21. The monoisotopic (exact) mass is 197 g/mol. The molecule has 5 nitrogen and oxygen atoms in total. The van der Waals surface area contributed by atoms with E-state index >= 15 is 0 Å². The van der Waals surface area contributed by atoms with Crippen molar-refractivity contribution in [2.45, 2.75) is 31.9 Å². The van der Waals surface area contributed by atoms with Crippen LogP contribution in [0.2, 0.25) is 0 Å². The normalized spacial score (nSPS) is 27.4. The standard InChI is InChI=1S/C9H11NO4/c1-4(11)8-6(9(13)14)2-5-3-7(12)10(5)8/h4-5,11H,2-3H2,1H3,(H,13,14)/t4?,5-/m1/s1. The average molecular weight is 197 g/mol. The summed E-state index contributed by atoms with van der Waals surface area (Å²) in [6.45, 7) is 1.48. The summed E-state index contributed by atoms with van der Waals surface area (Å²) >= 11 is 0. The molecule has 0 saturated carbocycles. The van der Waals surface area contributed by atoms with Gasteiger partial charge in [-0.25, -0.2) is 4.79 Å². The van der Waals surface area contributed by atoms with Crippen molar-refractivity contribution < 1.29 is 19.8 Å². The number of amides is 1. The summed E-state index contributed by atoms with van der Waals surface area (Å²) in [6, 6.07) is -0.0294. The van der Waals surface area contributed by atoms with Crippen LogP contribution in [0.15, 0.2) is 11.3 Å². The van der Waals surface area contributed by atoms with Gasteiger partial charge in [-0.2, -0.15) is 0 Å². The van der Waals surface area contributed by atoms with Crippen molar-refractivity contribution in [1.82, 2.24) is 4.90 Å². The van der Waals surface area contributed by atoms with Crippen molar-refractivity contribution in [3.05, 3.63) is 11.3 Å². The summed E-state index contributed by atoms with van der Waals surface area (Å²) in [6.07, 6.45) is -0.135. The average Bonchev–Trinajstić information content (AvgIpc) is 2.37. The van der Waals surface area contributed by atoms with Gasteiger partial charge in [0.25, 0.3) is 0 Å². The number of carbonyl (C=O) groups is 2. The lowest BCUT2D eigenvalue weighted by atomic mass is 10.0. The third-order valence-electron chi connectivity index (χ3n) is 2.71. The minimum atomic E-state index is -1.04. The zero-order valence-electron chi connectivity index (χ0n) is 7.73. The second-order valence-electron chi connectivity index (χ2n) is 3.67. The van der Waals surface area contributed by atoms with Crippen LogP contribution in [0.1, 0.15) is 19.8 Å². The molecule has 2 N–H and O–H groups in total. The molecule has 14 heavy (non-hydrogen) atoms. The number of fused-ring (bicyclic) bond motifs is 1. The molecule has 0 aromatic carbocycles. The van der Waals surface area contributed by atoms with E-state index in [1.54, 1.807) is 0 Å². The highest BCUT2D eigenvalue weighted by atomic mass is 16.4. The fourth-order valence-electron chi connectivity index (χ4n) is 2.11. The van der Waals surface area contributed by atoms with Gasteiger partial charge in [-0.15, -0.1) is 0 Å². The molecule has 0 aromatic heterocycles. The van der Waals surface area contributed by atoms with Crippen LogP contribution < -0.4 is 0 Å². The Morgan fingerprint density at radius 1 is 1.57 bits per heavy atom. The number of carboxylic acids is 1. The zero-order chi connectivity index (χ0) is 10.5. The summed E-state index contributed by atoms with van der Waals surface area (Å²) in [5, 5.41) is 18.3. The molecule has 0 bridgehead atoms. The van der Waals surface area contributed by atoms with E-state index in [0.717, 1.165) is 0 Å². The van der Waals surface area contributed by atoms with Crippen LogP contribution in [0.5, 0.6) is 0 Å². The Morgan fingerprint density at radius 3 is 2.64 bits per heavy atom. The van der Waals surface area contributed by atoms with E-state index < -0.39 is 12.1 Å². The van der Waals surface area contributed by atoms with Crippen molar-refractivity contribution in [2.75, 3.05) is 0 Å². The number of aliphatic hydroxyl groups excluding tert-OH is 1. The molecule has 1 fully saturated rings. The summed E-state index contributed by atoms with van der Waals surface area (Å²) in [5.41, 5.74) is 0.453. The van der Waals surface area contributed by atoms with Gasteiger partial charge in [0, 0.05) is 18.9 Å². The second kappa shape index (κ2) is 2.81. The maximum Gasteiger partial charge on any atom is 0.333 e. The molecule has 2 rings (SSSR count). The number of aliphatic carboxylic acids is 1. The van der Waals surface area contributed by atoms with Crippen LogP contribution in [0.25, 0.3) is 0 Å². The third kappa shape index (κ3) is 1.05. The van der Waals surface area contributed by atoms with E-state index in [1.807, 2.05) is 0 Å². The highest BCUT2D eigenvalue weighted by molar-refractivity contribution is 5.94. The highest BCUT2D eigenvalue weighted by Gasteiger charge is 2.47. The lowest BCUT2D eigenvalue weighted by Gasteiger charge is -2.37. The fraction of sp³-hybridized carbons (Fsp3) is 0.556. The molecular formula is C9H11NO4. The van der Waals surface area contributed by atoms with Gasteiger partial charge >= 0.3 is 5.97 Å². The summed E-state index contributed by atoms with van der Waals surface area (Å²) < 4.78 is 0. The van der Waals surface area contributed by atoms with Gasteiger partial charge in [0.05, 0.1) is 17.4 Å². The quantitative estimate of drug-likeness (QED) is 0.596. The second-order valence-corrected chi connectivity index (χ2v) is 3.67. The molecular weight excluding hydrogens is 186 g/mol. The van der Waals surface area contributed by atoms with E-state index in [4.69, 9.17) is 5.11 Å². The van der Waals surface area contributed by atoms with Crippen LogP contribution in [0.3, 0.4) is 0 Å². The van der Waals surface area contributed by atoms with Crippen molar-refractivity contribution in [3.8, 4) is 0 Å². The fourth-order valence-corrected chi connectivity index (χ4v) is 2.11. The summed E-state index contributed by atoms with van der Waals surface area (Å²) in [7, 11) is 0. The SMILES string of the molecule is CC(O)C1=C(C(=O)O)C[C@@H]2CC(=O)N12. The number of rotatable bonds is 2. The molecule has 2 aliphatic rings. The van der Waals surface area contributed by atoms with Crippen molar-refractivity contribution >= 4 is 11.9 Å². The Balaban J connectivity index is 2.38. The molecule has 2 aliphatic heterocycles. The molecule has 2 heterocycles. The number of hydrogen-bond acceptors (Lipinski definition) is 3. The molecule has 76 valence electrons. The zero-order valence-corrected chi connectivity index (χ0v) is 7.73. The minimum Gasteiger partial charge on any atom is -0.478 e. The van der Waals surface area contributed by atoms with E-state index in [9.17, 15) is 14.7 Å². The molecule has 1 amide bonds. The topological polar surface area (TPSA) is 77.8 Å². The van der Waals surface area contributed by atoms with E-state index in [1.165, 1.54) is 11.8 Å². The maximum absolute atomic E-state index is 11.2. The Labute approximate surface area is 80.6 Å². The van der Waals surface area contributed by atoms with Gasteiger partial charge in [-0.05, 0) is 6.92 Å². The predicted octanol–water partition coefficient (Wildman–Crippen LogP) is -0.289. The van der Waals surface area contributed by atoms with Gasteiger partial charge in [0.2, 0.25) is 5.91 Å². The van der Waals surface area contributed by atoms with Crippen molar-refractivity contribution in [2.24, 2.45) is 0 Å². The Morgan fingerprint density at radius 2 is 2.21 bits per heavy atom. The summed E-state index contributed by atoms with van der Waals surface area (Å²) in [4.78, 5) is 23.4. The van der Waals surface area contributed by atoms with Gasteiger partial charge in [0.15, 0.2) is 0 Å². The van der Waals surface area contributed by atoms with Gasteiger partial charge in [0.1, 0.15) is 0 Å². The number of hydrogen-bond donors (Lipinski definition) is 2. The van der Waals surface area contributed by atoms with Gasteiger partial charge in [-0.1, -0.05) is 0 Å². The Bertz CT molecular complexity index is 345. The molecule has 0 aromatic rings. The largest absolute Gasteiger partial charge is 0.478 e. The molecule has 1 unspecified atom stereocenters. The third-order valence-corrected chi connectivity index (χ3v) is 2.71. The van der Waals surface area contributed by atoms with Crippen LogP contribution in [-0.4, -0.2) is 39.1 Å². The summed E-state index contributed by atoms with van der Waals surface area (Å²) in [5.74, 6) is -1.13. The van der Waals surface area contributed by atoms with E-state index in [2.05, 4.69) is 0 Å². The Kier molecular flexibility index (Phi) is 1.85. The van der Waals surface area contributed by atoms with Crippen molar-refractivity contribution in [1.29, 1.82) is 0 Å². The van der Waals surface area contributed by atoms with Crippen LogP contribution in [0.4, 0.5) is 0 Å². The van der Waals surface area contributed by atoms with E-state index in [0.29, 0.717) is 12.8 Å². The van der Waals surface area contributed by atoms with Gasteiger partial charge in [-0.3, -0.25) is 4.79 Å². The predicted molar refractivity (Wildman–Crippen MR) is 46.2 cm³/mol. The Hall–Kier alpha value is -1.36. The molecule has 1 saturated heterocycles. The van der Waals surface area contributed by atoms with Crippen molar-refractivity contribution in [3.63, 3.8) is 0 Å². The first-order valence-electron chi connectivity index (χ1n) is 4.49. The molecule has 0 spiro atoms. The number of nitrogens with zero attached hydrogens (tertiary/aromatic N) is 1. The van der Waals surface area contributed by atoms with Gasteiger partial charge < -0.3 is 15.1 Å².